The predicted molar refractivity (Wildman–Crippen MR) is 164 cm³/mol. The van der Waals surface area contributed by atoms with Crippen LogP contribution in [0.2, 0.25) is 0 Å². The van der Waals surface area contributed by atoms with Crippen LogP contribution in [0.25, 0.3) is 0 Å². The zero-order valence-electron chi connectivity index (χ0n) is 23.8. The van der Waals surface area contributed by atoms with Gasteiger partial charge in [-0.15, -0.1) is 11.3 Å². The second-order valence-electron chi connectivity index (χ2n) is 11.6. The quantitative estimate of drug-likeness (QED) is 0.242. The summed E-state index contributed by atoms with van der Waals surface area (Å²) in [4.78, 5) is 14.4. The third kappa shape index (κ3) is 6.58. The van der Waals surface area contributed by atoms with E-state index in [4.69, 9.17) is 4.74 Å². The molecule has 40 heavy (non-hydrogen) atoms. The van der Waals surface area contributed by atoms with Gasteiger partial charge in [-0.3, -0.25) is 4.72 Å². The number of carbonyl (C=O) groups excluding carboxylic acids is 1. The van der Waals surface area contributed by atoms with E-state index in [2.05, 4.69) is 16.9 Å². The van der Waals surface area contributed by atoms with Gasteiger partial charge in [-0.05, 0) is 71.4 Å². The summed E-state index contributed by atoms with van der Waals surface area (Å²) in [6.07, 6.45) is 1.58. The summed E-state index contributed by atoms with van der Waals surface area (Å²) in [6.45, 7) is 11.9. The topological polar surface area (TPSA) is 92.7 Å². The minimum atomic E-state index is -3.72. The van der Waals surface area contributed by atoms with Crippen molar-refractivity contribution < 1.29 is 23.1 Å². The van der Waals surface area contributed by atoms with Crippen molar-refractivity contribution >= 4 is 44.8 Å². The van der Waals surface area contributed by atoms with E-state index >= 15 is 0 Å². The Hall–Kier alpha value is -2.75. The minimum absolute atomic E-state index is 0.0110. The summed E-state index contributed by atoms with van der Waals surface area (Å²) in [6, 6.07) is 17.0. The first kappa shape index (κ1) is 30.2. The number of hydrogen-bond acceptors (Lipinski definition) is 7. The van der Waals surface area contributed by atoms with Gasteiger partial charge in [-0.25, -0.2) is 13.2 Å². The Morgan fingerprint density at radius 2 is 1.82 bits per heavy atom. The number of aliphatic hydroxyl groups is 1. The SMILES string of the molecule is Cc1cc(SC2=C(O)CC(CCc3ccccc3)(C(C)C)OC2=O)c(C(C)(C)C)cc1NS(=O)(=O)c1cccs1. The highest BCUT2D eigenvalue weighted by Crippen LogP contribution is 2.46. The summed E-state index contributed by atoms with van der Waals surface area (Å²) in [5.74, 6) is -0.490. The number of carbonyl (C=O) groups is 1. The molecule has 0 saturated carbocycles. The van der Waals surface area contributed by atoms with E-state index < -0.39 is 21.6 Å². The number of thiophene rings is 1. The van der Waals surface area contributed by atoms with Crippen LogP contribution in [0.1, 0.15) is 64.2 Å². The molecular formula is C31H37NO5S3. The van der Waals surface area contributed by atoms with E-state index in [1.54, 1.807) is 17.5 Å². The highest BCUT2D eigenvalue weighted by Gasteiger charge is 2.44. The molecule has 0 saturated heterocycles. The molecule has 0 spiro atoms. The molecule has 0 radical (unpaired) electrons. The van der Waals surface area contributed by atoms with Crippen LogP contribution in [0.5, 0.6) is 0 Å². The van der Waals surface area contributed by atoms with Gasteiger partial charge in [-0.2, -0.15) is 0 Å². The Labute approximate surface area is 245 Å². The molecule has 0 aliphatic carbocycles. The second kappa shape index (κ2) is 11.6. The van der Waals surface area contributed by atoms with E-state index in [1.807, 2.05) is 71.9 Å². The molecule has 6 nitrogen and oxygen atoms in total. The number of thioether (sulfide) groups is 1. The van der Waals surface area contributed by atoms with E-state index in [-0.39, 0.29) is 32.6 Å². The maximum Gasteiger partial charge on any atom is 0.349 e. The van der Waals surface area contributed by atoms with Crippen molar-refractivity contribution in [2.24, 2.45) is 5.92 Å². The molecule has 2 aromatic carbocycles. The van der Waals surface area contributed by atoms with Gasteiger partial charge >= 0.3 is 5.97 Å². The molecule has 0 fully saturated rings. The molecule has 0 amide bonds. The molecule has 214 valence electrons. The Morgan fingerprint density at radius 1 is 1.12 bits per heavy atom. The van der Waals surface area contributed by atoms with Crippen LogP contribution >= 0.6 is 23.1 Å². The van der Waals surface area contributed by atoms with Crippen molar-refractivity contribution in [3.05, 3.63) is 87.3 Å². The highest BCUT2D eigenvalue weighted by atomic mass is 32.2. The molecule has 9 heteroatoms. The van der Waals surface area contributed by atoms with Gasteiger partial charge in [0.25, 0.3) is 10.0 Å². The fourth-order valence-corrected chi connectivity index (χ4v) is 8.14. The van der Waals surface area contributed by atoms with Gasteiger partial charge in [-0.1, -0.05) is 82.8 Å². The third-order valence-corrected chi connectivity index (χ3v) is 11.2. The van der Waals surface area contributed by atoms with Gasteiger partial charge in [0, 0.05) is 11.3 Å². The van der Waals surface area contributed by atoms with Crippen molar-refractivity contribution in [2.75, 3.05) is 4.72 Å². The van der Waals surface area contributed by atoms with Crippen LogP contribution in [-0.2, 0) is 31.4 Å². The monoisotopic (exact) mass is 599 g/mol. The number of rotatable bonds is 9. The number of cyclic esters (lactones) is 1. The summed E-state index contributed by atoms with van der Waals surface area (Å²) in [5.41, 5.74) is 2.03. The van der Waals surface area contributed by atoms with E-state index in [9.17, 15) is 18.3 Å². The Kier molecular flexibility index (Phi) is 8.78. The van der Waals surface area contributed by atoms with Crippen molar-refractivity contribution in [1.82, 2.24) is 0 Å². The second-order valence-corrected chi connectivity index (χ2v) is 15.5. The smallest absolute Gasteiger partial charge is 0.349 e. The van der Waals surface area contributed by atoms with Crippen LogP contribution in [0.3, 0.4) is 0 Å². The lowest BCUT2D eigenvalue weighted by molar-refractivity contribution is -0.164. The summed E-state index contributed by atoms with van der Waals surface area (Å²) in [7, 11) is -3.72. The molecule has 3 aromatic rings. The number of anilines is 1. The van der Waals surface area contributed by atoms with Crippen LogP contribution in [0, 0.1) is 12.8 Å². The van der Waals surface area contributed by atoms with E-state index in [1.165, 1.54) is 11.8 Å². The Morgan fingerprint density at radius 3 is 2.40 bits per heavy atom. The van der Waals surface area contributed by atoms with Crippen LogP contribution in [0.4, 0.5) is 5.69 Å². The lowest BCUT2D eigenvalue weighted by atomic mass is 9.80. The zero-order chi connectivity index (χ0) is 29.3. The highest BCUT2D eigenvalue weighted by molar-refractivity contribution is 8.04. The van der Waals surface area contributed by atoms with Crippen molar-refractivity contribution in [1.29, 1.82) is 0 Å². The van der Waals surface area contributed by atoms with Gasteiger partial charge in [0.1, 0.15) is 20.5 Å². The van der Waals surface area contributed by atoms with Crippen molar-refractivity contribution in [3.63, 3.8) is 0 Å². The van der Waals surface area contributed by atoms with Crippen molar-refractivity contribution in [2.45, 2.75) is 80.9 Å². The number of benzene rings is 2. The maximum absolute atomic E-state index is 13.4. The first-order valence-corrected chi connectivity index (χ1v) is 16.5. The fraction of sp³-hybridized carbons (Fsp3) is 0.387. The number of esters is 1. The van der Waals surface area contributed by atoms with Gasteiger partial charge in [0.15, 0.2) is 0 Å². The number of sulfonamides is 1. The number of hydrogen-bond donors (Lipinski definition) is 2. The summed E-state index contributed by atoms with van der Waals surface area (Å²) in [5, 5.41) is 12.9. The lowest BCUT2D eigenvalue weighted by Crippen LogP contribution is -2.44. The van der Waals surface area contributed by atoms with Gasteiger partial charge in [0.2, 0.25) is 0 Å². The molecule has 1 atom stereocenters. The average Bonchev–Trinajstić information content (AvgIpc) is 3.42. The third-order valence-electron chi connectivity index (χ3n) is 7.29. The molecule has 1 aliphatic heterocycles. The maximum atomic E-state index is 13.4. The standard InChI is InChI=1S/C31H37NO5S3/c1-20(2)31(15-14-22-11-8-7-9-12-22)19-25(33)28(29(34)37-31)39-26-17-21(3)24(18-23(26)30(4,5)6)32-40(35,36)27-13-10-16-38-27/h7-13,16-18,20,32-33H,14-15,19H2,1-6H3. The molecular weight excluding hydrogens is 563 g/mol. The number of nitrogens with one attached hydrogen (secondary N) is 1. The van der Waals surface area contributed by atoms with Gasteiger partial charge in [0.05, 0.1) is 5.69 Å². The fourth-order valence-electron chi connectivity index (χ4n) is 4.78. The molecule has 2 N–H and O–H groups in total. The Balaban J connectivity index is 1.64. The number of ether oxygens (including phenoxy) is 1. The number of aliphatic hydroxyl groups excluding tert-OH is 1. The van der Waals surface area contributed by atoms with E-state index in [0.29, 0.717) is 17.7 Å². The minimum Gasteiger partial charge on any atom is -0.511 e. The zero-order valence-corrected chi connectivity index (χ0v) is 26.2. The average molecular weight is 600 g/mol. The lowest BCUT2D eigenvalue weighted by Gasteiger charge is -2.40. The van der Waals surface area contributed by atoms with Crippen molar-refractivity contribution in [3.8, 4) is 0 Å². The summed E-state index contributed by atoms with van der Waals surface area (Å²) >= 11 is 2.34. The molecule has 1 aromatic heterocycles. The number of aryl methyl sites for hydroxylation is 2. The predicted octanol–water partition coefficient (Wildman–Crippen LogP) is 7.99. The first-order valence-electron chi connectivity index (χ1n) is 13.3. The Bertz CT molecular complexity index is 1500. The first-order chi connectivity index (χ1) is 18.7. The van der Waals surface area contributed by atoms with Crippen LogP contribution < -0.4 is 4.72 Å². The largest absolute Gasteiger partial charge is 0.511 e. The van der Waals surface area contributed by atoms with E-state index in [0.717, 1.165) is 33.8 Å². The van der Waals surface area contributed by atoms with Gasteiger partial charge < -0.3 is 9.84 Å². The van der Waals surface area contributed by atoms with Crippen LogP contribution in [0.15, 0.2) is 79.7 Å². The molecule has 0 bridgehead atoms. The normalized spacial score (nSPS) is 18.2. The van der Waals surface area contributed by atoms with Crippen LogP contribution in [-0.4, -0.2) is 25.1 Å². The molecule has 4 rings (SSSR count). The molecule has 1 aliphatic rings. The summed E-state index contributed by atoms with van der Waals surface area (Å²) < 4.78 is 34.9. The molecule has 2 heterocycles. The molecule has 1 unspecified atom stereocenters.